The molecule has 2 fully saturated rings. The lowest BCUT2D eigenvalue weighted by Gasteiger charge is -2.36. The van der Waals surface area contributed by atoms with Crippen molar-refractivity contribution < 1.29 is 9.59 Å². The first-order chi connectivity index (χ1) is 5.56. The van der Waals surface area contributed by atoms with Crippen LogP contribution >= 0.6 is 11.8 Å². The molecule has 0 bridgehead atoms. The number of rotatable bonds is 1. The summed E-state index contributed by atoms with van der Waals surface area (Å²) < 4.78 is -0.0986. The Kier molecular flexibility index (Phi) is 1.52. The monoisotopic (exact) mass is 185 g/mol. The van der Waals surface area contributed by atoms with E-state index >= 15 is 0 Å². The van der Waals surface area contributed by atoms with Gasteiger partial charge in [0, 0.05) is 4.75 Å². The van der Waals surface area contributed by atoms with Crippen molar-refractivity contribution in [2.24, 2.45) is 0 Å². The molecule has 2 atom stereocenters. The van der Waals surface area contributed by atoms with E-state index in [-0.39, 0.29) is 22.1 Å². The SMILES string of the molecule is CC1(C)SC2CC(=O)N2C1C=O. The Hall–Kier alpha value is -0.510. The van der Waals surface area contributed by atoms with Crippen LogP contribution in [0.5, 0.6) is 0 Å². The van der Waals surface area contributed by atoms with Crippen LogP contribution in [0.4, 0.5) is 0 Å². The molecule has 2 saturated heterocycles. The van der Waals surface area contributed by atoms with Gasteiger partial charge < -0.3 is 9.69 Å². The van der Waals surface area contributed by atoms with Gasteiger partial charge in [0.05, 0.1) is 11.8 Å². The van der Waals surface area contributed by atoms with Crippen LogP contribution in [-0.4, -0.2) is 33.3 Å². The Labute approximate surface area is 75.5 Å². The topological polar surface area (TPSA) is 37.4 Å². The highest BCUT2D eigenvalue weighted by Gasteiger charge is 2.55. The molecule has 0 aromatic carbocycles. The number of hydrogen-bond acceptors (Lipinski definition) is 3. The smallest absolute Gasteiger partial charge is 0.227 e. The van der Waals surface area contributed by atoms with Gasteiger partial charge >= 0.3 is 0 Å². The van der Waals surface area contributed by atoms with E-state index in [1.54, 1.807) is 16.7 Å². The van der Waals surface area contributed by atoms with Gasteiger partial charge in [0.15, 0.2) is 0 Å². The van der Waals surface area contributed by atoms with E-state index in [0.29, 0.717) is 6.42 Å². The summed E-state index contributed by atoms with van der Waals surface area (Å²) in [5.41, 5.74) is 0. The number of carbonyl (C=O) groups is 2. The third kappa shape index (κ3) is 0.843. The Balaban J connectivity index is 2.27. The molecule has 2 heterocycles. The molecule has 2 rings (SSSR count). The summed E-state index contributed by atoms with van der Waals surface area (Å²) >= 11 is 1.73. The van der Waals surface area contributed by atoms with E-state index in [1.165, 1.54) is 0 Å². The first-order valence-electron chi connectivity index (χ1n) is 4.00. The van der Waals surface area contributed by atoms with Gasteiger partial charge in [-0.05, 0) is 13.8 Å². The van der Waals surface area contributed by atoms with Crippen LogP contribution < -0.4 is 0 Å². The molecule has 2 unspecified atom stereocenters. The number of hydrogen-bond donors (Lipinski definition) is 0. The lowest BCUT2D eigenvalue weighted by molar-refractivity contribution is -0.146. The highest BCUT2D eigenvalue weighted by atomic mass is 32.2. The highest BCUT2D eigenvalue weighted by Crippen LogP contribution is 2.49. The average Bonchev–Trinajstić information content (AvgIpc) is 2.17. The Bertz CT molecular complexity index is 251. The number of thioether (sulfide) groups is 1. The molecular weight excluding hydrogens is 174 g/mol. The van der Waals surface area contributed by atoms with Crippen LogP contribution in [0.1, 0.15) is 20.3 Å². The molecule has 66 valence electrons. The van der Waals surface area contributed by atoms with Crippen LogP contribution in [0.25, 0.3) is 0 Å². The average molecular weight is 185 g/mol. The number of fused-ring (bicyclic) bond motifs is 1. The van der Waals surface area contributed by atoms with E-state index in [2.05, 4.69) is 0 Å². The van der Waals surface area contributed by atoms with Gasteiger partial charge in [0.1, 0.15) is 12.3 Å². The molecule has 1 amide bonds. The Morgan fingerprint density at radius 3 is 2.75 bits per heavy atom. The van der Waals surface area contributed by atoms with Crippen molar-refractivity contribution in [3.05, 3.63) is 0 Å². The lowest BCUT2D eigenvalue weighted by Crippen LogP contribution is -2.54. The fourth-order valence-corrected chi connectivity index (χ4v) is 3.42. The summed E-state index contributed by atoms with van der Waals surface area (Å²) in [7, 11) is 0. The fourth-order valence-electron chi connectivity index (χ4n) is 1.82. The van der Waals surface area contributed by atoms with Gasteiger partial charge in [-0.1, -0.05) is 0 Å². The summed E-state index contributed by atoms with van der Waals surface area (Å²) in [6.07, 6.45) is 1.50. The molecule has 3 nitrogen and oxygen atoms in total. The Morgan fingerprint density at radius 1 is 1.67 bits per heavy atom. The maximum Gasteiger partial charge on any atom is 0.227 e. The van der Waals surface area contributed by atoms with Gasteiger partial charge in [-0.15, -0.1) is 11.8 Å². The summed E-state index contributed by atoms with van der Waals surface area (Å²) in [5.74, 6) is 0.121. The van der Waals surface area contributed by atoms with Crippen LogP contribution in [0.3, 0.4) is 0 Å². The maximum atomic E-state index is 11.1. The van der Waals surface area contributed by atoms with Crippen LogP contribution in [0.2, 0.25) is 0 Å². The summed E-state index contributed by atoms with van der Waals surface area (Å²) in [4.78, 5) is 23.6. The minimum atomic E-state index is -0.214. The molecule has 4 heteroatoms. The van der Waals surface area contributed by atoms with Crippen molar-refractivity contribution in [1.29, 1.82) is 0 Å². The predicted molar refractivity (Wildman–Crippen MR) is 46.8 cm³/mol. The van der Waals surface area contributed by atoms with E-state index in [0.717, 1.165) is 6.29 Å². The molecule has 0 aromatic rings. The minimum Gasteiger partial charge on any atom is -0.319 e. The third-order valence-corrected chi connectivity index (χ3v) is 4.04. The third-order valence-electron chi connectivity index (χ3n) is 2.53. The number of nitrogens with zero attached hydrogens (tertiary/aromatic N) is 1. The van der Waals surface area contributed by atoms with E-state index < -0.39 is 0 Å². The maximum absolute atomic E-state index is 11.1. The molecule has 12 heavy (non-hydrogen) atoms. The number of aldehydes is 1. The fraction of sp³-hybridized carbons (Fsp3) is 0.750. The zero-order valence-electron chi connectivity index (χ0n) is 7.11. The van der Waals surface area contributed by atoms with Crippen LogP contribution in [0, 0.1) is 0 Å². The number of β-lactam (4-membered cyclic amide) rings is 1. The van der Waals surface area contributed by atoms with Crippen LogP contribution in [0.15, 0.2) is 0 Å². The molecule has 2 aliphatic heterocycles. The van der Waals surface area contributed by atoms with Crippen molar-refractivity contribution in [1.82, 2.24) is 4.90 Å². The summed E-state index contributed by atoms with van der Waals surface area (Å²) in [6.45, 7) is 4.03. The molecule has 0 radical (unpaired) electrons. The summed E-state index contributed by atoms with van der Waals surface area (Å²) in [6, 6.07) is -0.214. The van der Waals surface area contributed by atoms with Gasteiger partial charge in [-0.25, -0.2) is 0 Å². The van der Waals surface area contributed by atoms with Crippen molar-refractivity contribution in [3.8, 4) is 0 Å². The second kappa shape index (κ2) is 2.25. The molecule has 0 aliphatic carbocycles. The normalized spacial score (nSPS) is 37.5. The standard InChI is InChI=1S/C8H11NO2S/c1-8(2)5(4-10)9-6(11)3-7(9)12-8/h4-5,7H,3H2,1-2H3. The second-order valence-corrected chi connectivity index (χ2v) is 5.59. The van der Waals surface area contributed by atoms with Gasteiger partial charge in [0.25, 0.3) is 0 Å². The zero-order valence-corrected chi connectivity index (χ0v) is 7.93. The lowest BCUT2D eigenvalue weighted by atomic mass is 10.00. The molecule has 0 aromatic heterocycles. The molecule has 2 aliphatic rings. The van der Waals surface area contributed by atoms with E-state index in [1.807, 2.05) is 13.8 Å². The van der Waals surface area contributed by atoms with E-state index in [4.69, 9.17) is 0 Å². The van der Waals surface area contributed by atoms with Crippen LogP contribution in [-0.2, 0) is 9.59 Å². The molecule has 0 N–H and O–H groups in total. The quantitative estimate of drug-likeness (QED) is 0.444. The summed E-state index contributed by atoms with van der Waals surface area (Å²) in [5, 5.41) is 0.266. The largest absolute Gasteiger partial charge is 0.319 e. The van der Waals surface area contributed by atoms with Gasteiger partial charge in [0.2, 0.25) is 5.91 Å². The molecular formula is C8H11NO2S. The minimum absolute atomic E-state index is 0.0986. The van der Waals surface area contributed by atoms with E-state index in [9.17, 15) is 9.59 Å². The second-order valence-electron chi connectivity index (χ2n) is 3.76. The van der Waals surface area contributed by atoms with Gasteiger partial charge in [-0.2, -0.15) is 0 Å². The zero-order chi connectivity index (χ0) is 8.93. The molecule has 0 spiro atoms. The van der Waals surface area contributed by atoms with Crippen molar-refractivity contribution >= 4 is 24.0 Å². The number of carbonyl (C=O) groups excluding carboxylic acids is 2. The first-order valence-corrected chi connectivity index (χ1v) is 4.88. The van der Waals surface area contributed by atoms with Crippen molar-refractivity contribution in [2.45, 2.75) is 36.4 Å². The van der Waals surface area contributed by atoms with Crippen molar-refractivity contribution in [2.75, 3.05) is 0 Å². The Morgan fingerprint density at radius 2 is 2.33 bits per heavy atom. The molecule has 0 saturated carbocycles. The van der Waals surface area contributed by atoms with Gasteiger partial charge in [-0.3, -0.25) is 4.79 Å². The highest BCUT2D eigenvalue weighted by molar-refractivity contribution is 8.01. The van der Waals surface area contributed by atoms with Crippen molar-refractivity contribution in [3.63, 3.8) is 0 Å². The predicted octanol–water partition coefficient (Wildman–Crippen LogP) is 0.638. The number of amides is 1. The first kappa shape index (κ1) is 8.10.